The molecular weight excluding hydrogens is 410 g/mol. The van der Waals surface area contributed by atoms with Gasteiger partial charge in [-0.3, -0.25) is 9.52 Å². The molecule has 0 bridgehead atoms. The number of carbonyl (C=O) groups excluding carboxylic acids is 1. The van der Waals surface area contributed by atoms with Gasteiger partial charge in [0.15, 0.2) is 0 Å². The summed E-state index contributed by atoms with van der Waals surface area (Å²) in [6, 6.07) is 7.89. The van der Waals surface area contributed by atoms with Crippen LogP contribution in [0.1, 0.15) is 38.5 Å². The van der Waals surface area contributed by atoms with Gasteiger partial charge in [-0.25, -0.2) is 4.99 Å². The molecular formula is C22H35N7OS. The molecule has 0 aromatic heterocycles. The zero-order chi connectivity index (χ0) is 22.1. The maximum atomic E-state index is 11.9. The molecule has 0 spiro atoms. The van der Waals surface area contributed by atoms with Crippen molar-refractivity contribution in [1.29, 1.82) is 0 Å². The van der Waals surface area contributed by atoms with Gasteiger partial charge in [0, 0.05) is 36.3 Å². The third-order valence-corrected chi connectivity index (χ3v) is 6.66. The maximum absolute atomic E-state index is 11.9. The second-order valence-electron chi connectivity index (χ2n) is 8.18. The van der Waals surface area contributed by atoms with E-state index in [9.17, 15) is 4.79 Å². The molecule has 1 saturated heterocycles. The number of aliphatic imine (C=N–C) groups is 1. The lowest BCUT2D eigenvalue weighted by Crippen LogP contribution is -2.45. The van der Waals surface area contributed by atoms with E-state index in [4.69, 9.17) is 17.2 Å². The molecule has 3 rings (SSSR count). The Balaban J connectivity index is 1.53. The van der Waals surface area contributed by atoms with E-state index in [1.54, 1.807) is 18.1 Å². The molecule has 1 aliphatic carbocycles. The van der Waals surface area contributed by atoms with Crippen LogP contribution in [0.2, 0.25) is 0 Å². The van der Waals surface area contributed by atoms with Gasteiger partial charge < -0.3 is 27.4 Å². The molecule has 2 fully saturated rings. The van der Waals surface area contributed by atoms with E-state index in [1.807, 2.05) is 24.3 Å². The average molecular weight is 446 g/mol. The second kappa shape index (κ2) is 12.1. The molecule has 31 heavy (non-hydrogen) atoms. The van der Waals surface area contributed by atoms with Gasteiger partial charge in [0.1, 0.15) is 5.84 Å². The molecule has 1 heterocycles. The van der Waals surface area contributed by atoms with Crippen molar-refractivity contribution in [2.75, 3.05) is 26.2 Å². The van der Waals surface area contributed by atoms with Gasteiger partial charge in [0.25, 0.3) is 5.91 Å². The summed E-state index contributed by atoms with van der Waals surface area (Å²) < 4.78 is 3.40. The predicted molar refractivity (Wildman–Crippen MR) is 128 cm³/mol. The number of carbonyl (C=O) groups is 1. The molecule has 1 aliphatic heterocycles. The largest absolute Gasteiger partial charge is 0.386 e. The number of primary amides is 1. The number of amides is 1. The summed E-state index contributed by atoms with van der Waals surface area (Å²) in [7, 11) is 0. The molecule has 2 aliphatic rings. The van der Waals surface area contributed by atoms with E-state index >= 15 is 0 Å². The SMILES string of the molecule is NC(=O)/C(=C/N[C@H]1CCCCC1N)C(N)=Nc1ccc(SNCCN2CCCC2)cc1. The summed E-state index contributed by atoms with van der Waals surface area (Å²) in [4.78, 5) is 19.8. The minimum Gasteiger partial charge on any atom is -0.386 e. The van der Waals surface area contributed by atoms with E-state index in [0.717, 1.165) is 43.7 Å². The highest BCUT2D eigenvalue weighted by atomic mass is 32.2. The summed E-state index contributed by atoms with van der Waals surface area (Å²) in [6.45, 7) is 4.45. The lowest BCUT2D eigenvalue weighted by Gasteiger charge is -2.29. The molecule has 1 amide bonds. The average Bonchev–Trinajstić information content (AvgIpc) is 3.27. The number of rotatable bonds is 10. The van der Waals surface area contributed by atoms with Gasteiger partial charge in [-0.2, -0.15) is 0 Å². The Morgan fingerprint density at radius 2 is 1.84 bits per heavy atom. The minimum absolute atomic E-state index is 0.0614. The number of nitrogens with zero attached hydrogens (tertiary/aromatic N) is 2. The second-order valence-corrected chi connectivity index (χ2v) is 9.14. The lowest BCUT2D eigenvalue weighted by atomic mass is 9.91. The van der Waals surface area contributed by atoms with Crippen molar-refractivity contribution in [3.05, 3.63) is 36.0 Å². The first-order valence-electron chi connectivity index (χ1n) is 11.1. The van der Waals surface area contributed by atoms with Gasteiger partial charge in [-0.1, -0.05) is 12.8 Å². The monoisotopic (exact) mass is 445 g/mol. The summed E-state index contributed by atoms with van der Waals surface area (Å²) in [6.07, 6.45) is 8.38. The predicted octanol–water partition coefficient (Wildman–Crippen LogP) is 1.60. The highest BCUT2D eigenvalue weighted by molar-refractivity contribution is 7.97. The number of nitrogens with one attached hydrogen (secondary N) is 2. The van der Waals surface area contributed by atoms with Crippen LogP contribution in [0.15, 0.2) is 45.9 Å². The first-order valence-corrected chi connectivity index (χ1v) is 11.9. The standard InChI is InChI=1S/C22H35N7OS/c23-19-5-1-2-6-20(19)26-15-18(22(25)30)21(24)28-16-7-9-17(10-8-16)31-27-11-14-29-12-3-4-13-29/h7-10,15,19-20,26-27H,1-6,11-14,23H2,(H2,24,28)(H2,25,30)/b18-15+/t19?,20-/m0/s1. The van der Waals surface area contributed by atoms with E-state index in [0.29, 0.717) is 5.69 Å². The Hall–Kier alpha value is -2.07. The number of amidine groups is 1. The number of hydrogen-bond acceptors (Lipinski definition) is 7. The highest BCUT2D eigenvalue weighted by Crippen LogP contribution is 2.20. The Labute approximate surface area is 189 Å². The van der Waals surface area contributed by atoms with Crippen molar-refractivity contribution >= 4 is 29.4 Å². The van der Waals surface area contributed by atoms with E-state index < -0.39 is 5.91 Å². The summed E-state index contributed by atoms with van der Waals surface area (Å²) >= 11 is 1.60. The van der Waals surface area contributed by atoms with Crippen molar-refractivity contribution in [1.82, 2.24) is 14.9 Å². The van der Waals surface area contributed by atoms with Crippen molar-refractivity contribution in [3.8, 4) is 0 Å². The maximum Gasteiger partial charge on any atom is 0.253 e. The molecule has 9 heteroatoms. The topological polar surface area (TPSA) is 135 Å². The number of hydrogen-bond donors (Lipinski definition) is 5. The molecule has 170 valence electrons. The zero-order valence-electron chi connectivity index (χ0n) is 18.1. The Bertz CT molecular complexity index is 775. The van der Waals surface area contributed by atoms with Crippen molar-refractivity contribution in [3.63, 3.8) is 0 Å². The number of benzene rings is 1. The third kappa shape index (κ3) is 7.53. The van der Waals surface area contributed by atoms with Gasteiger partial charge in [-0.15, -0.1) is 0 Å². The molecule has 1 aromatic rings. The molecule has 8 N–H and O–H groups in total. The Kier molecular flexibility index (Phi) is 9.20. The van der Waals surface area contributed by atoms with Crippen molar-refractivity contribution in [2.24, 2.45) is 22.2 Å². The fraction of sp³-hybridized carbons (Fsp3) is 0.545. The number of nitrogens with two attached hydrogens (primary N) is 3. The zero-order valence-corrected chi connectivity index (χ0v) is 18.9. The fourth-order valence-corrected chi connectivity index (χ4v) is 4.59. The molecule has 0 radical (unpaired) electrons. The van der Waals surface area contributed by atoms with Gasteiger partial charge in [0.2, 0.25) is 0 Å². The van der Waals surface area contributed by atoms with Crippen LogP contribution in [0.5, 0.6) is 0 Å². The van der Waals surface area contributed by atoms with Gasteiger partial charge in [0.05, 0.1) is 11.3 Å². The van der Waals surface area contributed by atoms with E-state index in [-0.39, 0.29) is 23.5 Å². The van der Waals surface area contributed by atoms with E-state index in [1.165, 1.54) is 25.9 Å². The van der Waals surface area contributed by atoms with Crippen LogP contribution in [0.4, 0.5) is 5.69 Å². The normalized spacial score (nSPS) is 23.1. The Morgan fingerprint density at radius 3 is 2.52 bits per heavy atom. The first-order chi connectivity index (χ1) is 15.0. The van der Waals surface area contributed by atoms with Crippen LogP contribution in [0.25, 0.3) is 0 Å². The number of likely N-dealkylation sites (tertiary alicyclic amines) is 1. The molecule has 1 saturated carbocycles. The van der Waals surface area contributed by atoms with Gasteiger partial charge in [-0.05, 0) is 75.0 Å². The highest BCUT2D eigenvalue weighted by Gasteiger charge is 2.21. The van der Waals surface area contributed by atoms with Crippen LogP contribution < -0.4 is 27.2 Å². The molecule has 1 aromatic carbocycles. The quantitative estimate of drug-likeness (QED) is 0.121. The van der Waals surface area contributed by atoms with Crippen LogP contribution in [0.3, 0.4) is 0 Å². The van der Waals surface area contributed by atoms with Crippen molar-refractivity contribution in [2.45, 2.75) is 55.5 Å². The van der Waals surface area contributed by atoms with Crippen LogP contribution >= 0.6 is 11.9 Å². The minimum atomic E-state index is -0.618. The molecule has 2 atom stereocenters. The van der Waals surface area contributed by atoms with Crippen LogP contribution in [-0.4, -0.2) is 54.9 Å². The van der Waals surface area contributed by atoms with Crippen LogP contribution in [-0.2, 0) is 4.79 Å². The molecule has 8 nitrogen and oxygen atoms in total. The van der Waals surface area contributed by atoms with Gasteiger partial charge >= 0.3 is 0 Å². The summed E-state index contributed by atoms with van der Waals surface area (Å²) in [5, 5.41) is 3.21. The molecule has 1 unspecified atom stereocenters. The van der Waals surface area contributed by atoms with E-state index in [2.05, 4.69) is 19.9 Å². The van der Waals surface area contributed by atoms with Crippen molar-refractivity contribution < 1.29 is 4.79 Å². The summed E-state index contributed by atoms with van der Waals surface area (Å²) in [5.74, 6) is -0.527. The summed E-state index contributed by atoms with van der Waals surface area (Å²) in [5.41, 5.74) is 18.6. The van der Waals surface area contributed by atoms with Crippen LogP contribution in [0, 0.1) is 0 Å². The lowest BCUT2D eigenvalue weighted by molar-refractivity contribution is -0.114. The fourth-order valence-electron chi connectivity index (χ4n) is 3.96. The first kappa shape index (κ1) is 23.6. The third-order valence-electron chi connectivity index (χ3n) is 5.81. The smallest absolute Gasteiger partial charge is 0.253 e. The Morgan fingerprint density at radius 1 is 1.13 bits per heavy atom.